The third-order valence-electron chi connectivity index (χ3n) is 5.34. The van der Waals surface area contributed by atoms with Crippen LogP contribution in [0.3, 0.4) is 0 Å². The Kier molecular flexibility index (Phi) is 5.38. The highest BCUT2D eigenvalue weighted by molar-refractivity contribution is 5.40. The zero-order valence-corrected chi connectivity index (χ0v) is 14.3. The average Bonchev–Trinajstić information content (AvgIpc) is 2.58. The second kappa shape index (κ2) is 7.68. The molecule has 0 radical (unpaired) electrons. The molecular formula is C22H29N. The fourth-order valence-electron chi connectivity index (χ4n) is 3.93. The summed E-state index contributed by atoms with van der Waals surface area (Å²) in [6.45, 7) is 2.24. The number of benzene rings is 2. The number of anilines is 1. The van der Waals surface area contributed by atoms with Crippen LogP contribution in [-0.2, 0) is 12.8 Å². The second-order valence-electron chi connectivity index (χ2n) is 7.15. The summed E-state index contributed by atoms with van der Waals surface area (Å²) in [6, 6.07) is 17.8. The molecule has 2 aromatic rings. The molecule has 0 atom stereocenters. The molecular weight excluding hydrogens is 278 g/mol. The maximum atomic E-state index is 5.79. The van der Waals surface area contributed by atoms with Crippen molar-refractivity contribution in [1.29, 1.82) is 0 Å². The normalized spacial score (nSPS) is 21.3. The maximum absolute atomic E-state index is 5.79. The summed E-state index contributed by atoms with van der Waals surface area (Å²) < 4.78 is 0. The number of nitrogen functional groups attached to an aromatic ring is 1. The van der Waals surface area contributed by atoms with E-state index in [-0.39, 0.29) is 0 Å². The molecule has 3 rings (SSSR count). The first-order chi connectivity index (χ1) is 11.2. The molecule has 1 aliphatic carbocycles. The van der Waals surface area contributed by atoms with Crippen LogP contribution in [0.4, 0.5) is 5.69 Å². The number of nitrogens with two attached hydrogens (primary N) is 1. The van der Waals surface area contributed by atoms with E-state index in [0.29, 0.717) is 0 Å². The first kappa shape index (κ1) is 16.1. The quantitative estimate of drug-likeness (QED) is 0.700. The average molecular weight is 307 g/mol. The topological polar surface area (TPSA) is 26.0 Å². The molecule has 1 saturated carbocycles. The van der Waals surface area contributed by atoms with E-state index in [4.69, 9.17) is 5.73 Å². The van der Waals surface area contributed by atoms with Crippen molar-refractivity contribution < 1.29 is 0 Å². The molecule has 0 amide bonds. The predicted molar refractivity (Wildman–Crippen MR) is 99.7 cm³/mol. The van der Waals surface area contributed by atoms with Gasteiger partial charge in [0.15, 0.2) is 0 Å². The molecule has 0 saturated heterocycles. The van der Waals surface area contributed by atoms with E-state index in [1.807, 2.05) is 12.1 Å². The molecule has 23 heavy (non-hydrogen) atoms. The van der Waals surface area contributed by atoms with E-state index in [1.54, 1.807) is 0 Å². The zero-order chi connectivity index (χ0) is 16.1. The lowest BCUT2D eigenvalue weighted by Crippen LogP contribution is -2.15. The Labute approximate surface area is 140 Å². The first-order valence-corrected chi connectivity index (χ1v) is 9.18. The van der Waals surface area contributed by atoms with Crippen molar-refractivity contribution in [3.63, 3.8) is 0 Å². The number of hydrogen-bond acceptors (Lipinski definition) is 1. The standard InChI is InChI=1S/C22H29N/c1-2-3-17-4-6-18(7-5-17)16-19-8-10-20(11-9-19)21-12-14-22(23)15-13-21/h4-7,12-15,19-20H,2-3,8-11,16,23H2,1H3. The molecule has 0 aromatic heterocycles. The molecule has 0 heterocycles. The summed E-state index contributed by atoms with van der Waals surface area (Å²) in [6.07, 6.45) is 9.03. The fraction of sp³-hybridized carbons (Fsp3) is 0.455. The third-order valence-corrected chi connectivity index (χ3v) is 5.34. The number of rotatable bonds is 5. The van der Waals surface area contributed by atoms with Gasteiger partial charge < -0.3 is 5.73 Å². The summed E-state index contributed by atoms with van der Waals surface area (Å²) in [4.78, 5) is 0. The second-order valence-corrected chi connectivity index (χ2v) is 7.15. The van der Waals surface area contributed by atoms with E-state index >= 15 is 0 Å². The Morgan fingerprint density at radius 2 is 1.43 bits per heavy atom. The van der Waals surface area contributed by atoms with Gasteiger partial charge in [-0.05, 0) is 79.2 Å². The van der Waals surface area contributed by atoms with Crippen LogP contribution in [-0.4, -0.2) is 0 Å². The summed E-state index contributed by atoms with van der Waals surface area (Å²) >= 11 is 0. The van der Waals surface area contributed by atoms with Gasteiger partial charge in [-0.25, -0.2) is 0 Å². The van der Waals surface area contributed by atoms with Gasteiger partial charge in [0.05, 0.1) is 0 Å². The van der Waals surface area contributed by atoms with Crippen molar-refractivity contribution in [3.05, 3.63) is 65.2 Å². The van der Waals surface area contributed by atoms with Crippen LogP contribution >= 0.6 is 0 Å². The Hall–Kier alpha value is -1.76. The largest absolute Gasteiger partial charge is 0.399 e. The molecule has 0 spiro atoms. The monoisotopic (exact) mass is 307 g/mol. The molecule has 0 unspecified atom stereocenters. The highest BCUT2D eigenvalue weighted by Gasteiger charge is 2.22. The minimum atomic E-state index is 0.735. The Balaban J connectivity index is 1.51. The predicted octanol–water partition coefficient (Wildman–Crippen LogP) is 5.74. The van der Waals surface area contributed by atoms with Crippen LogP contribution in [0.1, 0.15) is 61.6 Å². The van der Waals surface area contributed by atoms with Crippen molar-refractivity contribution in [2.45, 2.75) is 57.8 Å². The van der Waals surface area contributed by atoms with Gasteiger partial charge in [-0.2, -0.15) is 0 Å². The molecule has 1 nitrogen and oxygen atoms in total. The Morgan fingerprint density at radius 3 is 2.04 bits per heavy atom. The Morgan fingerprint density at radius 1 is 0.826 bits per heavy atom. The van der Waals surface area contributed by atoms with Crippen LogP contribution in [0.25, 0.3) is 0 Å². The van der Waals surface area contributed by atoms with E-state index in [0.717, 1.165) is 17.5 Å². The molecule has 1 aliphatic rings. The summed E-state index contributed by atoms with van der Waals surface area (Å²) in [5, 5.41) is 0. The fourth-order valence-corrected chi connectivity index (χ4v) is 3.93. The van der Waals surface area contributed by atoms with E-state index in [9.17, 15) is 0 Å². The van der Waals surface area contributed by atoms with Gasteiger partial charge in [0, 0.05) is 5.69 Å². The van der Waals surface area contributed by atoms with Crippen LogP contribution < -0.4 is 5.73 Å². The highest BCUT2D eigenvalue weighted by Crippen LogP contribution is 2.37. The molecule has 122 valence electrons. The Bertz CT molecular complexity index is 589. The number of hydrogen-bond donors (Lipinski definition) is 1. The molecule has 0 bridgehead atoms. The molecule has 1 heteroatoms. The number of aryl methyl sites for hydroxylation is 1. The SMILES string of the molecule is CCCc1ccc(CC2CCC(c3ccc(N)cc3)CC2)cc1. The van der Waals surface area contributed by atoms with Gasteiger partial charge in [0.25, 0.3) is 0 Å². The minimum absolute atomic E-state index is 0.735. The molecule has 0 aliphatic heterocycles. The van der Waals surface area contributed by atoms with Gasteiger partial charge >= 0.3 is 0 Å². The molecule has 1 fully saturated rings. The van der Waals surface area contributed by atoms with Crippen molar-refractivity contribution in [3.8, 4) is 0 Å². The summed E-state index contributed by atoms with van der Waals surface area (Å²) in [7, 11) is 0. The van der Waals surface area contributed by atoms with Gasteiger partial charge in [0.1, 0.15) is 0 Å². The zero-order valence-electron chi connectivity index (χ0n) is 14.3. The third kappa shape index (κ3) is 4.37. The lowest BCUT2D eigenvalue weighted by Gasteiger charge is -2.29. The van der Waals surface area contributed by atoms with Crippen LogP contribution in [0.5, 0.6) is 0 Å². The minimum Gasteiger partial charge on any atom is -0.399 e. The van der Waals surface area contributed by atoms with Crippen LogP contribution in [0, 0.1) is 5.92 Å². The lowest BCUT2D eigenvalue weighted by atomic mass is 9.76. The van der Waals surface area contributed by atoms with Gasteiger partial charge in [-0.1, -0.05) is 49.7 Å². The van der Waals surface area contributed by atoms with Gasteiger partial charge in [-0.3, -0.25) is 0 Å². The van der Waals surface area contributed by atoms with Crippen molar-refractivity contribution >= 4 is 5.69 Å². The van der Waals surface area contributed by atoms with Gasteiger partial charge in [-0.15, -0.1) is 0 Å². The van der Waals surface area contributed by atoms with Crippen molar-refractivity contribution in [1.82, 2.24) is 0 Å². The van der Waals surface area contributed by atoms with Crippen molar-refractivity contribution in [2.75, 3.05) is 5.73 Å². The van der Waals surface area contributed by atoms with Gasteiger partial charge in [0.2, 0.25) is 0 Å². The smallest absolute Gasteiger partial charge is 0.0314 e. The lowest BCUT2D eigenvalue weighted by molar-refractivity contribution is 0.324. The maximum Gasteiger partial charge on any atom is 0.0314 e. The van der Waals surface area contributed by atoms with E-state index in [1.165, 1.54) is 61.6 Å². The molecule has 2 aromatic carbocycles. The van der Waals surface area contributed by atoms with Crippen LogP contribution in [0.2, 0.25) is 0 Å². The van der Waals surface area contributed by atoms with Crippen molar-refractivity contribution in [2.24, 2.45) is 5.92 Å². The molecule has 2 N–H and O–H groups in total. The highest BCUT2D eigenvalue weighted by atomic mass is 14.5. The first-order valence-electron chi connectivity index (χ1n) is 9.18. The van der Waals surface area contributed by atoms with E-state index in [2.05, 4.69) is 43.3 Å². The van der Waals surface area contributed by atoms with E-state index < -0.39 is 0 Å². The van der Waals surface area contributed by atoms with Crippen LogP contribution in [0.15, 0.2) is 48.5 Å². The summed E-state index contributed by atoms with van der Waals surface area (Å²) in [5.41, 5.74) is 11.1. The summed E-state index contributed by atoms with van der Waals surface area (Å²) in [5.74, 6) is 1.59.